The Morgan fingerprint density at radius 3 is 2.53 bits per heavy atom. The second-order valence-electron chi connectivity index (χ2n) is 6.87. The van der Waals surface area contributed by atoms with Crippen LogP contribution in [0.15, 0.2) is 47.3 Å². The number of ether oxygens (including phenoxy) is 1. The summed E-state index contributed by atoms with van der Waals surface area (Å²) >= 11 is 6.10. The summed E-state index contributed by atoms with van der Waals surface area (Å²) in [4.78, 5) is 32.2. The molecule has 0 saturated carbocycles. The normalized spacial score (nSPS) is 11.9. The molecule has 0 aliphatic rings. The van der Waals surface area contributed by atoms with E-state index in [-0.39, 0.29) is 17.6 Å². The van der Waals surface area contributed by atoms with Crippen molar-refractivity contribution >= 4 is 34.2 Å². The summed E-state index contributed by atoms with van der Waals surface area (Å²) in [7, 11) is 3.28. The molecule has 1 heterocycles. The Morgan fingerprint density at radius 1 is 1.23 bits per heavy atom. The van der Waals surface area contributed by atoms with Gasteiger partial charge in [0.2, 0.25) is 0 Å². The van der Waals surface area contributed by atoms with Gasteiger partial charge in [-0.25, -0.2) is 9.78 Å². The first kappa shape index (κ1) is 21.6. The van der Waals surface area contributed by atoms with Crippen LogP contribution in [0.2, 0.25) is 5.02 Å². The highest BCUT2D eigenvalue weighted by Gasteiger charge is 2.25. The minimum absolute atomic E-state index is 0.142. The van der Waals surface area contributed by atoms with E-state index in [0.29, 0.717) is 46.2 Å². The van der Waals surface area contributed by atoms with Crippen molar-refractivity contribution in [2.75, 3.05) is 19.5 Å². The number of nitrogens with one attached hydrogen (secondary N) is 1. The van der Waals surface area contributed by atoms with Crippen LogP contribution in [0.25, 0.3) is 10.9 Å². The summed E-state index contributed by atoms with van der Waals surface area (Å²) in [5.41, 5.74) is 1.03. The third-order valence-electron chi connectivity index (χ3n) is 5.08. The van der Waals surface area contributed by atoms with Crippen molar-refractivity contribution in [3.05, 3.63) is 63.7 Å². The van der Waals surface area contributed by atoms with Gasteiger partial charge < -0.3 is 15.0 Å². The van der Waals surface area contributed by atoms with E-state index < -0.39 is 0 Å². The lowest BCUT2D eigenvalue weighted by Gasteiger charge is -2.29. The number of benzene rings is 2. The summed E-state index contributed by atoms with van der Waals surface area (Å²) < 4.78 is 6.75. The van der Waals surface area contributed by atoms with Gasteiger partial charge in [0.05, 0.1) is 24.1 Å². The summed E-state index contributed by atoms with van der Waals surface area (Å²) in [5.74, 6) is 1.24. The Bertz CT molecular complexity index is 1110. The van der Waals surface area contributed by atoms with Crippen LogP contribution >= 0.6 is 11.6 Å². The Kier molecular flexibility index (Phi) is 6.62. The molecule has 0 bridgehead atoms. The Labute approximate surface area is 180 Å². The molecular weight excluding hydrogens is 404 g/mol. The number of carbonyl (C=O) groups is 1. The van der Waals surface area contributed by atoms with E-state index in [9.17, 15) is 9.59 Å². The van der Waals surface area contributed by atoms with Crippen LogP contribution in [-0.2, 0) is 6.54 Å². The topological polar surface area (TPSA) is 76.5 Å². The van der Waals surface area contributed by atoms with Crippen molar-refractivity contribution < 1.29 is 9.53 Å². The van der Waals surface area contributed by atoms with Gasteiger partial charge in [-0.2, -0.15) is 0 Å². The maximum absolute atomic E-state index is 13.0. The second-order valence-corrected chi connectivity index (χ2v) is 7.31. The average Bonchev–Trinajstić information content (AvgIpc) is 2.74. The van der Waals surface area contributed by atoms with Crippen LogP contribution in [0, 0.1) is 0 Å². The van der Waals surface area contributed by atoms with E-state index in [0.717, 1.165) is 0 Å². The number of aromatic nitrogens is 2. The number of urea groups is 1. The first-order chi connectivity index (χ1) is 14.4. The van der Waals surface area contributed by atoms with E-state index in [4.69, 9.17) is 21.3 Å². The Morgan fingerprint density at radius 2 is 1.93 bits per heavy atom. The summed E-state index contributed by atoms with van der Waals surface area (Å²) in [6.45, 7) is 4.29. The molecule has 0 aliphatic carbocycles. The lowest BCUT2D eigenvalue weighted by atomic mass is 10.1. The SMILES string of the molecule is CCC(c1nc2cc(Cl)ccc2c(=O)n1CC)N(C)C(=O)Nc1ccc(OC)cc1. The van der Waals surface area contributed by atoms with E-state index in [1.54, 1.807) is 66.1 Å². The number of halogens is 1. The predicted molar refractivity (Wildman–Crippen MR) is 119 cm³/mol. The van der Waals surface area contributed by atoms with Gasteiger partial charge >= 0.3 is 6.03 Å². The van der Waals surface area contributed by atoms with Crippen LogP contribution in [0.5, 0.6) is 5.75 Å². The Balaban J connectivity index is 1.96. The van der Waals surface area contributed by atoms with E-state index >= 15 is 0 Å². The number of hydrogen-bond acceptors (Lipinski definition) is 4. The summed E-state index contributed by atoms with van der Waals surface area (Å²) in [6, 6.07) is 11.4. The zero-order chi connectivity index (χ0) is 21.8. The van der Waals surface area contributed by atoms with Gasteiger partial charge in [0, 0.05) is 24.3 Å². The number of carbonyl (C=O) groups excluding carboxylic acids is 1. The van der Waals surface area contributed by atoms with Crippen LogP contribution in [0.4, 0.5) is 10.5 Å². The van der Waals surface area contributed by atoms with Crippen molar-refractivity contribution in [2.24, 2.45) is 0 Å². The second kappa shape index (κ2) is 9.17. The van der Waals surface area contributed by atoms with Gasteiger partial charge in [-0.1, -0.05) is 18.5 Å². The third kappa shape index (κ3) is 4.26. The fraction of sp³-hybridized carbons (Fsp3) is 0.318. The molecule has 0 fully saturated rings. The summed E-state index contributed by atoms with van der Waals surface area (Å²) in [5, 5.41) is 3.88. The van der Waals surface area contributed by atoms with Crippen molar-refractivity contribution in [1.82, 2.24) is 14.5 Å². The van der Waals surface area contributed by atoms with E-state index in [1.807, 2.05) is 13.8 Å². The lowest BCUT2D eigenvalue weighted by molar-refractivity contribution is 0.198. The number of nitrogens with zero attached hydrogens (tertiary/aromatic N) is 3. The molecule has 0 aliphatic heterocycles. The maximum atomic E-state index is 13.0. The zero-order valence-corrected chi connectivity index (χ0v) is 18.2. The molecule has 3 rings (SSSR count). The predicted octanol–water partition coefficient (Wildman–Crippen LogP) is 4.69. The van der Waals surface area contributed by atoms with Gasteiger partial charge in [-0.3, -0.25) is 9.36 Å². The van der Waals surface area contributed by atoms with E-state index in [2.05, 4.69) is 5.32 Å². The first-order valence-electron chi connectivity index (χ1n) is 9.77. The third-order valence-corrected chi connectivity index (χ3v) is 5.31. The molecule has 0 saturated heterocycles. The highest BCUT2D eigenvalue weighted by molar-refractivity contribution is 6.31. The largest absolute Gasteiger partial charge is 0.497 e. The molecule has 2 amide bonds. The molecule has 7 nitrogen and oxygen atoms in total. The van der Waals surface area contributed by atoms with Gasteiger partial charge in [-0.05, 0) is 55.8 Å². The number of fused-ring (bicyclic) bond motifs is 1. The average molecular weight is 429 g/mol. The quantitative estimate of drug-likeness (QED) is 0.617. The molecule has 1 N–H and O–H groups in total. The van der Waals surface area contributed by atoms with Crippen LogP contribution in [0.1, 0.15) is 32.1 Å². The standard InChI is InChI=1S/C22H25ClN4O3/c1-5-19(26(3)22(29)24-15-8-10-16(30-4)11-9-15)20-25-18-13-14(23)7-12-17(18)21(28)27(20)6-2/h7-13,19H,5-6H2,1-4H3,(H,24,29). The molecule has 1 unspecified atom stereocenters. The van der Waals surface area contributed by atoms with Crippen molar-refractivity contribution in [3.63, 3.8) is 0 Å². The molecule has 3 aromatic rings. The minimum atomic E-state index is -0.390. The smallest absolute Gasteiger partial charge is 0.322 e. The first-order valence-corrected chi connectivity index (χ1v) is 10.1. The number of amides is 2. The molecule has 0 radical (unpaired) electrons. The molecule has 8 heteroatoms. The lowest BCUT2D eigenvalue weighted by Crippen LogP contribution is -2.38. The molecule has 158 valence electrons. The number of rotatable bonds is 6. The molecule has 1 aromatic heterocycles. The highest BCUT2D eigenvalue weighted by Crippen LogP contribution is 2.25. The fourth-order valence-electron chi connectivity index (χ4n) is 3.43. The highest BCUT2D eigenvalue weighted by atomic mass is 35.5. The van der Waals surface area contributed by atoms with Crippen LogP contribution in [0.3, 0.4) is 0 Å². The van der Waals surface area contributed by atoms with E-state index in [1.165, 1.54) is 0 Å². The van der Waals surface area contributed by atoms with Gasteiger partial charge in [0.1, 0.15) is 11.6 Å². The fourth-order valence-corrected chi connectivity index (χ4v) is 3.59. The number of hydrogen-bond donors (Lipinski definition) is 1. The van der Waals surface area contributed by atoms with Crippen LogP contribution < -0.4 is 15.6 Å². The Hall–Kier alpha value is -3.06. The number of methoxy groups -OCH3 is 1. The van der Waals surface area contributed by atoms with Crippen LogP contribution in [-0.4, -0.2) is 34.6 Å². The number of anilines is 1. The molecular formula is C22H25ClN4O3. The molecule has 0 spiro atoms. The monoisotopic (exact) mass is 428 g/mol. The van der Waals surface area contributed by atoms with Gasteiger partial charge in [0.15, 0.2) is 0 Å². The summed E-state index contributed by atoms with van der Waals surface area (Å²) in [6.07, 6.45) is 0.588. The van der Waals surface area contributed by atoms with Gasteiger partial charge in [-0.15, -0.1) is 0 Å². The molecule has 2 aromatic carbocycles. The van der Waals surface area contributed by atoms with Crippen molar-refractivity contribution in [2.45, 2.75) is 32.9 Å². The zero-order valence-electron chi connectivity index (χ0n) is 17.5. The molecule has 1 atom stereocenters. The van der Waals surface area contributed by atoms with Gasteiger partial charge in [0.25, 0.3) is 5.56 Å². The minimum Gasteiger partial charge on any atom is -0.497 e. The van der Waals surface area contributed by atoms with Crippen molar-refractivity contribution in [3.8, 4) is 5.75 Å². The molecule has 30 heavy (non-hydrogen) atoms. The maximum Gasteiger partial charge on any atom is 0.322 e. The van der Waals surface area contributed by atoms with Crippen molar-refractivity contribution in [1.29, 1.82) is 0 Å².